The Bertz CT molecular complexity index is 1330. The largest absolute Gasteiger partial charge is 0.494 e. The first-order valence-corrected chi connectivity index (χ1v) is 11.2. The fourth-order valence-corrected chi connectivity index (χ4v) is 3.69. The van der Waals surface area contributed by atoms with Crippen molar-refractivity contribution in [2.24, 2.45) is 0 Å². The van der Waals surface area contributed by atoms with Gasteiger partial charge >= 0.3 is 0 Å². The van der Waals surface area contributed by atoms with Crippen molar-refractivity contribution in [1.29, 1.82) is 0 Å². The van der Waals surface area contributed by atoms with E-state index in [0.29, 0.717) is 40.5 Å². The average Bonchev–Trinajstić information content (AvgIpc) is 2.88. The number of carbonyl (C=O) groups is 1. The molecule has 0 radical (unpaired) electrons. The predicted octanol–water partition coefficient (Wildman–Crippen LogP) is 4.38. The molecule has 0 spiro atoms. The summed E-state index contributed by atoms with van der Waals surface area (Å²) in [7, 11) is 1.69. The number of nitrogens with zero attached hydrogens (tertiary/aromatic N) is 3. The second-order valence-electron chi connectivity index (χ2n) is 7.84. The smallest absolute Gasteiger partial charge is 0.266 e. The van der Waals surface area contributed by atoms with Crippen LogP contribution in [0, 0.1) is 0 Å². The van der Waals surface area contributed by atoms with Gasteiger partial charge in [0, 0.05) is 7.05 Å². The number of ether oxygens (including phenoxy) is 2. The van der Waals surface area contributed by atoms with Crippen LogP contribution in [0.2, 0.25) is 0 Å². The van der Waals surface area contributed by atoms with E-state index in [9.17, 15) is 9.59 Å². The van der Waals surface area contributed by atoms with E-state index in [-0.39, 0.29) is 18.1 Å². The molecule has 4 aromatic rings. The molecule has 3 aromatic carbocycles. The quantitative estimate of drug-likeness (QED) is 0.393. The fraction of sp³-hybridized carbons (Fsp3) is 0.222. The van der Waals surface area contributed by atoms with Gasteiger partial charge < -0.3 is 14.4 Å². The lowest BCUT2D eigenvalue weighted by Gasteiger charge is -2.27. The normalized spacial score (nSPS) is 11.7. The molecule has 4 rings (SSSR count). The van der Waals surface area contributed by atoms with Crippen molar-refractivity contribution in [1.82, 2.24) is 14.5 Å². The zero-order valence-corrected chi connectivity index (χ0v) is 19.5. The number of fused-ring (bicyclic) bond motifs is 1. The molecule has 174 valence electrons. The van der Waals surface area contributed by atoms with Gasteiger partial charge in [0.15, 0.2) is 6.61 Å². The SMILES string of the molecule is CCOc1ccc(-n2c(C(C)N(C)C(=O)COc3ccccc3)nc3ccccc3c2=O)cc1. The van der Waals surface area contributed by atoms with Crippen molar-refractivity contribution in [3.05, 3.63) is 95.0 Å². The summed E-state index contributed by atoms with van der Waals surface area (Å²) in [5.74, 6) is 1.57. The average molecular weight is 458 g/mol. The molecule has 0 saturated heterocycles. The molecular formula is C27H27N3O4. The Morgan fingerprint density at radius 1 is 0.941 bits per heavy atom. The highest BCUT2D eigenvalue weighted by Gasteiger charge is 2.24. The minimum absolute atomic E-state index is 0.119. The van der Waals surface area contributed by atoms with Gasteiger partial charge in [-0.1, -0.05) is 30.3 Å². The van der Waals surface area contributed by atoms with Gasteiger partial charge in [0.2, 0.25) is 0 Å². The fourth-order valence-electron chi connectivity index (χ4n) is 3.69. The van der Waals surface area contributed by atoms with Crippen LogP contribution in [0.3, 0.4) is 0 Å². The summed E-state index contributed by atoms with van der Waals surface area (Å²) in [5.41, 5.74) is 1.03. The Kier molecular flexibility index (Phi) is 6.92. The standard InChI is InChI=1S/C27H27N3O4/c1-4-33-22-16-14-20(15-17-22)30-26(28-24-13-9-8-12-23(24)27(30)32)19(2)29(3)25(31)18-34-21-10-6-5-7-11-21/h5-17,19H,4,18H2,1-3H3. The molecule has 1 aromatic heterocycles. The lowest BCUT2D eigenvalue weighted by atomic mass is 10.2. The Labute approximate surface area is 198 Å². The summed E-state index contributed by atoms with van der Waals surface area (Å²) in [4.78, 5) is 32.8. The zero-order valence-electron chi connectivity index (χ0n) is 19.5. The van der Waals surface area contributed by atoms with Gasteiger partial charge in [0.05, 0.1) is 29.2 Å². The predicted molar refractivity (Wildman–Crippen MR) is 132 cm³/mol. The van der Waals surface area contributed by atoms with Crippen LogP contribution < -0.4 is 15.0 Å². The van der Waals surface area contributed by atoms with Gasteiger partial charge in [-0.3, -0.25) is 14.2 Å². The van der Waals surface area contributed by atoms with Crippen LogP contribution in [0.4, 0.5) is 0 Å². The molecule has 0 bridgehead atoms. The van der Waals surface area contributed by atoms with Gasteiger partial charge in [-0.25, -0.2) is 4.98 Å². The zero-order chi connectivity index (χ0) is 24.1. The molecule has 0 aliphatic carbocycles. The van der Waals surface area contributed by atoms with E-state index in [1.807, 2.05) is 68.4 Å². The van der Waals surface area contributed by atoms with Crippen molar-refractivity contribution in [3.63, 3.8) is 0 Å². The number of rotatable bonds is 8. The van der Waals surface area contributed by atoms with Crippen LogP contribution in [-0.4, -0.2) is 40.6 Å². The van der Waals surface area contributed by atoms with Crippen molar-refractivity contribution >= 4 is 16.8 Å². The topological polar surface area (TPSA) is 73.7 Å². The van der Waals surface area contributed by atoms with Gasteiger partial charge in [-0.05, 0) is 62.4 Å². The molecule has 0 N–H and O–H groups in total. The summed E-state index contributed by atoms with van der Waals surface area (Å²) in [6, 6.07) is 23.2. The Hall–Kier alpha value is -4.13. The third-order valence-corrected chi connectivity index (χ3v) is 5.66. The van der Waals surface area contributed by atoms with Crippen LogP contribution in [-0.2, 0) is 4.79 Å². The maximum Gasteiger partial charge on any atom is 0.266 e. The maximum atomic E-state index is 13.5. The Balaban J connectivity index is 1.70. The molecule has 0 aliphatic rings. The molecule has 7 heteroatoms. The summed E-state index contributed by atoms with van der Waals surface area (Å²) < 4.78 is 12.7. The van der Waals surface area contributed by atoms with E-state index in [1.54, 1.807) is 40.8 Å². The molecular weight excluding hydrogens is 430 g/mol. The maximum absolute atomic E-state index is 13.5. The van der Waals surface area contributed by atoms with E-state index in [0.717, 1.165) is 0 Å². The number of amides is 1. The second kappa shape index (κ2) is 10.2. The first kappa shape index (κ1) is 23.0. The minimum atomic E-state index is -0.490. The Morgan fingerprint density at radius 3 is 2.29 bits per heavy atom. The Morgan fingerprint density at radius 2 is 1.59 bits per heavy atom. The number of carbonyl (C=O) groups excluding carboxylic acids is 1. The van der Waals surface area contributed by atoms with E-state index in [4.69, 9.17) is 14.5 Å². The molecule has 7 nitrogen and oxygen atoms in total. The molecule has 0 saturated carbocycles. The van der Waals surface area contributed by atoms with Crippen LogP contribution in [0.15, 0.2) is 83.7 Å². The van der Waals surface area contributed by atoms with Crippen LogP contribution in [0.1, 0.15) is 25.7 Å². The van der Waals surface area contributed by atoms with E-state index in [1.165, 1.54) is 0 Å². The lowest BCUT2D eigenvalue weighted by Crippen LogP contribution is -2.37. The molecule has 34 heavy (non-hydrogen) atoms. The van der Waals surface area contributed by atoms with Crippen LogP contribution in [0.5, 0.6) is 11.5 Å². The van der Waals surface area contributed by atoms with E-state index < -0.39 is 6.04 Å². The van der Waals surface area contributed by atoms with Crippen molar-refractivity contribution in [2.75, 3.05) is 20.3 Å². The number of aromatic nitrogens is 2. The highest BCUT2D eigenvalue weighted by Crippen LogP contribution is 2.23. The third-order valence-electron chi connectivity index (χ3n) is 5.66. The van der Waals surface area contributed by atoms with Crippen LogP contribution in [0.25, 0.3) is 16.6 Å². The lowest BCUT2D eigenvalue weighted by molar-refractivity contribution is -0.134. The first-order valence-electron chi connectivity index (χ1n) is 11.2. The number of hydrogen-bond donors (Lipinski definition) is 0. The molecule has 1 heterocycles. The van der Waals surface area contributed by atoms with E-state index in [2.05, 4.69) is 0 Å². The summed E-state index contributed by atoms with van der Waals surface area (Å²) in [6.45, 7) is 4.20. The number of hydrogen-bond acceptors (Lipinski definition) is 5. The molecule has 1 unspecified atom stereocenters. The summed E-state index contributed by atoms with van der Waals surface area (Å²) in [6.07, 6.45) is 0. The van der Waals surface area contributed by atoms with Crippen molar-refractivity contribution in [3.8, 4) is 17.2 Å². The van der Waals surface area contributed by atoms with Crippen molar-refractivity contribution < 1.29 is 14.3 Å². The van der Waals surface area contributed by atoms with Gasteiger partial charge in [0.25, 0.3) is 11.5 Å². The van der Waals surface area contributed by atoms with Crippen molar-refractivity contribution in [2.45, 2.75) is 19.9 Å². The first-order chi connectivity index (χ1) is 16.5. The van der Waals surface area contributed by atoms with Gasteiger partial charge in [0.1, 0.15) is 17.3 Å². The highest BCUT2D eigenvalue weighted by molar-refractivity contribution is 5.79. The van der Waals surface area contributed by atoms with Gasteiger partial charge in [-0.2, -0.15) is 0 Å². The summed E-state index contributed by atoms with van der Waals surface area (Å²) in [5, 5.41) is 0.508. The van der Waals surface area contributed by atoms with Crippen LogP contribution >= 0.6 is 0 Å². The minimum Gasteiger partial charge on any atom is -0.494 e. The molecule has 0 fully saturated rings. The molecule has 0 aliphatic heterocycles. The number of likely N-dealkylation sites (N-methyl/N-ethyl adjacent to an activating group) is 1. The third kappa shape index (κ3) is 4.78. The van der Waals surface area contributed by atoms with E-state index >= 15 is 0 Å². The summed E-state index contributed by atoms with van der Waals surface area (Å²) >= 11 is 0. The molecule has 1 atom stereocenters. The number of para-hydroxylation sites is 2. The second-order valence-corrected chi connectivity index (χ2v) is 7.84. The molecule has 1 amide bonds. The van der Waals surface area contributed by atoms with Gasteiger partial charge in [-0.15, -0.1) is 0 Å². The number of benzene rings is 3. The highest BCUT2D eigenvalue weighted by atomic mass is 16.5. The monoisotopic (exact) mass is 457 g/mol.